The van der Waals surface area contributed by atoms with Gasteiger partial charge in [0, 0.05) is 22.7 Å². The Balaban J connectivity index is 1.37. The summed E-state index contributed by atoms with van der Waals surface area (Å²) in [4.78, 5) is 9.32. The van der Waals surface area contributed by atoms with E-state index in [1.165, 1.54) is 0 Å². The lowest BCUT2D eigenvalue weighted by Crippen LogP contribution is -2.37. The van der Waals surface area contributed by atoms with Gasteiger partial charge in [0.15, 0.2) is 0 Å². The van der Waals surface area contributed by atoms with Gasteiger partial charge in [0.25, 0.3) is 0 Å². The number of nitrogens with zero attached hydrogens (tertiary/aromatic N) is 2. The van der Waals surface area contributed by atoms with Crippen molar-refractivity contribution < 1.29 is 11.4 Å². The van der Waals surface area contributed by atoms with E-state index in [1.54, 1.807) is 6.20 Å². The van der Waals surface area contributed by atoms with Gasteiger partial charge in [-0.3, -0.25) is 4.98 Å². The molecule has 0 atom stereocenters. The van der Waals surface area contributed by atoms with Crippen molar-refractivity contribution in [3.8, 4) is 28.4 Å². The van der Waals surface area contributed by atoms with Crippen LogP contribution in [0.4, 0.5) is 0 Å². The molecule has 6 aromatic rings. The molecule has 5 nitrogen and oxygen atoms in total. The maximum absolute atomic E-state index is 6.56. The van der Waals surface area contributed by atoms with Gasteiger partial charge >= 0.3 is 15.1 Å². The van der Waals surface area contributed by atoms with Crippen molar-refractivity contribution in [2.75, 3.05) is 0 Å². The molecular weight excluding hydrogens is 487 g/mol. The first kappa shape index (κ1) is 24.0. The average Bonchev–Trinajstić information content (AvgIpc) is 2.96. The van der Waals surface area contributed by atoms with E-state index in [0.29, 0.717) is 17.2 Å². The van der Waals surface area contributed by atoms with E-state index in [-0.39, 0.29) is 0 Å². The summed E-state index contributed by atoms with van der Waals surface area (Å²) in [6, 6.07) is 36.2. The van der Waals surface area contributed by atoms with E-state index in [4.69, 9.17) is 16.3 Å². The minimum Gasteiger partial charge on any atom is -0.577 e. The second kappa shape index (κ2) is 10.6. The predicted octanol–water partition coefficient (Wildman–Crippen LogP) is 7.59. The van der Waals surface area contributed by atoms with Crippen LogP contribution in [-0.2, 0) is 0 Å². The number of aromatic nitrogens is 2. The first-order chi connectivity index (χ1) is 18.6. The zero-order valence-electron chi connectivity index (χ0n) is 21.2. The highest BCUT2D eigenvalue weighted by molar-refractivity contribution is 6.40. The second-order valence-corrected chi connectivity index (χ2v) is 10.4. The van der Waals surface area contributed by atoms with Crippen LogP contribution in [0.2, 0.25) is 0 Å². The molecule has 0 bridgehead atoms. The summed E-state index contributed by atoms with van der Waals surface area (Å²) in [5.41, 5.74) is 5.70. The number of rotatable bonds is 7. The summed E-state index contributed by atoms with van der Waals surface area (Å²) in [6.07, 6.45) is 1.77. The fourth-order valence-electron chi connectivity index (χ4n) is 4.42. The van der Waals surface area contributed by atoms with Gasteiger partial charge in [0.1, 0.15) is 22.5 Å². The Morgan fingerprint density at radius 1 is 0.579 bits per heavy atom. The monoisotopic (exact) mass is 512 g/mol. The van der Waals surface area contributed by atoms with Crippen molar-refractivity contribution in [3.05, 3.63) is 127 Å². The molecule has 0 aliphatic heterocycles. The molecule has 0 saturated heterocycles. The fourth-order valence-corrected chi connectivity index (χ4v) is 5.83. The van der Waals surface area contributed by atoms with Gasteiger partial charge < -0.3 is 11.4 Å². The van der Waals surface area contributed by atoms with Gasteiger partial charge in [-0.1, -0.05) is 78.9 Å². The number of aryl methyl sites for hydroxylation is 2. The van der Waals surface area contributed by atoms with Gasteiger partial charge in [0.2, 0.25) is 0 Å². The second-order valence-electron chi connectivity index (χ2n) is 9.10. The highest BCUT2D eigenvalue weighted by Crippen LogP contribution is 2.31. The summed E-state index contributed by atoms with van der Waals surface area (Å²) in [5.74, 6) is 1.98. The maximum atomic E-state index is 6.56. The third kappa shape index (κ3) is 5.05. The topological polar surface area (TPSA) is 53.5 Å². The molecule has 4 aromatic carbocycles. The average molecular weight is 513 g/mol. The van der Waals surface area contributed by atoms with Crippen LogP contribution in [0.3, 0.4) is 0 Å². The van der Waals surface area contributed by atoms with Gasteiger partial charge in [-0.15, -0.1) is 0 Å². The first-order valence-electron chi connectivity index (χ1n) is 12.5. The Labute approximate surface area is 226 Å². The van der Waals surface area contributed by atoms with Crippen LogP contribution < -0.4 is 11.4 Å². The molecule has 2 aromatic heterocycles. The minimum atomic E-state index is -2.84. The Morgan fingerprint density at radius 3 is 2.16 bits per heavy atom. The predicted molar refractivity (Wildman–Crippen MR) is 152 cm³/mol. The molecule has 0 fully saturated rings. The number of benzene rings is 4. The molecular formula is C32H25AlN2O3. The zero-order valence-corrected chi connectivity index (χ0v) is 22.3. The molecule has 6 heteroatoms. The SMILES string of the molecule is Cc1ccc2cccc([O][Al]([O]c3ccc(-c4ccccc4)cc3)[O]c3c(C)ccc4cccnc34)c2n1. The van der Waals surface area contributed by atoms with Crippen LogP contribution in [-0.4, -0.2) is 25.1 Å². The molecule has 38 heavy (non-hydrogen) atoms. The molecule has 0 amide bonds. The molecule has 0 saturated carbocycles. The van der Waals surface area contributed by atoms with Crippen LogP contribution in [0.25, 0.3) is 32.9 Å². The van der Waals surface area contributed by atoms with Crippen LogP contribution in [0.5, 0.6) is 17.2 Å². The van der Waals surface area contributed by atoms with E-state index < -0.39 is 15.1 Å². The van der Waals surface area contributed by atoms with E-state index in [2.05, 4.69) is 17.1 Å². The summed E-state index contributed by atoms with van der Waals surface area (Å²) in [7, 11) is 0. The largest absolute Gasteiger partial charge is 1.20 e. The van der Waals surface area contributed by atoms with Gasteiger partial charge in [-0.25, -0.2) is 4.98 Å². The lowest BCUT2D eigenvalue weighted by atomic mass is 10.1. The normalized spacial score (nSPS) is 10.9. The van der Waals surface area contributed by atoms with E-state index in [1.807, 2.05) is 111 Å². The fraction of sp³-hybridized carbons (Fsp3) is 0.0625. The number of fused-ring (bicyclic) bond motifs is 2. The van der Waals surface area contributed by atoms with Gasteiger partial charge in [-0.2, -0.15) is 0 Å². The quantitative estimate of drug-likeness (QED) is 0.206. The van der Waals surface area contributed by atoms with Crippen LogP contribution >= 0.6 is 0 Å². The van der Waals surface area contributed by atoms with E-state index in [0.717, 1.165) is 44.2 Å². The summed E-state index contributed by atoms with van der Waals surface area (Å²) < 4.78 is 19.5. The lowest BCUT2D eigenvalue weighted by Gasteiger charge is -2.19. The van der Waals surface area contributed by atoms with Crippen molar-refractivity contribution in [1.29, 1.82) is 0 Å². The van der Waals surface area contributed by atoms with E-state index in [9.17, 15) is 0 Å². The summed E-state index contributed by atoms with van der Waals surface area (Å²) in [6.45, 7) is 3.98. The third-order valence-corrected chi connectivity index (χ3v) is 7.72. The maximum Gasteiger partial charge on any atom is 1.20 e. The molecule has 0 unspecified atom stereocenters. The van der Waals surface area contributed by atoms with Crippen LogP contribution in [0, 0.1) is 13.8 Å². The van der Waals surface area contributed by atoms with Crippen molar-refractivity contribution in [1.82, 2.24) is 9.97 Å². The Bertz CT molecular complexity index is 1720. The van der Waals surface area contributed by atoms with Gasteiger partial charge in [0.05, 0.1) is 5.75 Å². The Kier molecular flexibility index (Phi) is 6.66. The smallest absolute Gasteiger partial charge is 0.577 e. The molecule has 0 radical (unpaired) electrons. The number of hydrogen-bond acceptors (Lipinski definition) is 5. The highest BCUT2D eigenvalue weighted by atomic mass is 27.3. The summed E-state index contributed by atoms with van der Waals surface area (Å²) >= 11 is -2.84. The molecule has 0 aliphatic rings. The molecule has 6 rings (SSSR count). The summed E-state index contributed by atoms with van der Waals surface area (Å²) in [5, 5.41) is 1.99. The number of pyridine rings is 2. The van der Waals surface area contributed by atoms with Crippen molar-refractivity contribution in [2.45, 2.75) is 13.8 Å². The Hall–Kier alpha value is -4.37. The zero-order chi connectivity index (χ0) is 25.9. The van der Waals surface area contributed by atoms with Gasteiger partial charge in [-0.05, 0) is 60.9 Å². The number of hydrogen-bond donors (Lipinski definition) is 0. The minimum absolute atomic E-state index is 0.634. The van der Waals surface area contributed by atoms with Crippen molar-refractivity contribution in [2.24, 2.45) is 0 Å². The lowest BCUT2D eigenvalue weighted by molar-refractivity contribution is 0.309. The number of para-hydroxylation sites is 1. The Morgan fingerprint density at radius 2 is 1.32 bits per heavy atom. The first-order valence-corrected chi connectivity index (χ1v) is 13.9. The molecule has 2 heterocycles. The molecule has 0 spiro atoms. The molecule has 0 aliphatic carbocycles. The van der Waals surface area contributed by atoms with Crippen molar-refractivity contribution in [3.63, 3.8) is 0 Å². The molecule has 0 N–H and O–H groups in total. The van der Waals surface area contributed by atoms with Crippen molar-refractivity contribution >= 4 is 37.0 Å². The van der Waals surface area contributed by atoms with E-state index >= 15 is 0 Å². The standard InChI is InChI=1S/C12H10O.2C10H9NO.Al/c13-12-8-6-11(7-9-12)10-4-2-1-3-5-10;1-7-4-5-8-3-2-6-11-9(8)10(7)12;1-7-5-6-8-3-2-4-9(12)10(8)11-7;/h1-9,13H;2*2-6,12H,1H3;/q;;;+3/p-3. The molecule has 184 valence electrons. The third-order valence-electron chi connectivity index (χ3n) is 6.38. The highest BCUT2D eigenvalue weighted by Gasteiger charge is 2.45. The van der Waals surface area contributed by atoms with Crippen LogP contribution in [0.1, 0.15) is 11.3 Å². The van der Waals surface area contributed by atoms with Crippen LogP contribution in [0.15, 0.2) is 115 Å².